The highest BCUT2D eigenvalue weighted by Gasteiger charge is 2.28. The average Bonchev–Trinajstić information content (AvgIpc) is 2.85. The Hall–Kier alpha value is -2.87. The highest BCUT2D eigenvalue weighted by molar-refractivity contribution is 7.92. The van der Waals surface area contributed by atoms with Gasteiger partial charge in [-0.3, -0.25) is 13.9 Å². The van der Waals surface area contributed by atoms with Gasteiger partial charge in [-0.2, -0.15) is 0 Å². The number of rotatable bonds is 14. The fourth-order valence-corrected chi connectivity index (χ4v) is 5.04. The molecule has 0 saturated carbocycles. The van der Waals surface area contributed by atoms with Crippen LogP contribution in [0.1, 0.15) is 63.1 Å². The lowest BCUT2D eigenvalue weighted by Crippen LogP contribution is -2.49. The van der Waals surface area contributed by atoms with Gasteiger partial charge in [0.1, 0.15) is 6.04 Å². The second-order valence-corrected chi connectivity index (χ2v) is 11.1. The lowest BCUT2D eigenvalue weighted by Gasteiger charge is -2.31. The first kappa shape index (κ1) is 29.4. The molecule has 36 heavy (non-hydrogen) atoms. The third-order valence-corrected chi connectivity index (χ3v) is 7.39. The Bertz CT molecular complexity index is 1080. The van der Waals surface area contributed by atoms with Gasteiger partial charge in [0.25, 0.3) is 0 Å². The summed E-state index contributed by atoms with van der Waals surface area (Å²) in [5.41, 5.74) is 3.78. The number of hydrogen-bond acceptors (Lipinski definition) is 4. The minimum Gasteiger partial charge on any atom is -0.354 e. The van der Waals surface area contributed by atoms with E-state index in [-0.39, 0.29) is 24.8 Å². The zero-order valence-electron chi connectivity index (χ0n) is 22.3. The Morgan fingerprint density at radius 3 is 2.08 bits per heavy atom. The van der Waals surface area contributed by atoms with E-state index in [9.17, 15) is 18.0 Å². The van der Waals surface area contributed by atoms with Crippen molar-refractivity contribution in [3.8, 4) is 0 Å². The third kappa shape index (κ3) is 8.66. The molecule has 2 aromatic carbocycles. The largest absolute Gasteiger partial charge is 0.354 e. The number of nitrogens with one attached hydrogen (secondary N) is 1. The van der Waals surface area contributed by atoms with E-state index in [0.29, 0.717) is 31.6 Å². The van der Waals surface area contributed by atoms with E-state index in [2.05, 4.69) is 5.32 Å². The Labute approximate surface area is 216 Å². The van der Waals surface area contributed by atoms with Crippen LogP contribution in [0.4, 0.5) is 5.69 Å². The number of benzene rings is 2. The highest BCUT2D eigenvalue weighted by atomic mass is 32.2. The first-order chi connectivity index (χ1) is 17.1. The lowest BCUT2D eigenvalue weighted by molar-refractivity contribution is -0.141. The number of aryl methyl sites for hydroxylation is 2. The van der Waals surface area contributed by atoms with E-state index in [0.717, 1.165) is 29.5 Å². The Morgan fingerprint density at radius 1 is 0.944 bits per heavy atom. The van der Waals surface area contributed by atoms with Gasteiger partial charge in [0.2, 0.25) is 21.8 Å². The molecule has 0 aromatic heterocycles. The van der Waals surface area contributed by atoms with Crippen molar-refractivity contribution in [1.29, 1.82) is 0 Å². The molecule has 2 rings (SSSR count). The summed E-state index contributed by atoms with van der Waals surface area (Å²) in [4.78, 5) is 27.9. The van der Waals surface area contributed by atoms with Crippen molar-refractivity contribution in [3.63, 3.8) is 0 Å². The summed E-state index contributed by atoms with van der Waals surface area (Å²) in [6.07, 6.45) is 3.84. The number of nitrogens with zero attached hydrogens (tertiary/aromatic N) is 2. The molecule has 1 atom stereocenters. The van der Waals surface area contributed by atoms with Gasteiger partial charge >= 0.3 is 0 Å². The van der Waals surface area contributed by atoms with Crippen LogP contribution in [-0.2, 0) is 32.6 Å². The summed E-state index contributed by atoms with van der Waals surface area (Å²) < 4.78 is 26.3. The van der Waals surface area contributed by atoms with Gasteiger partial charge in [-0.15, -0.1) is 0 Å². The maximum absolute atomic E-state index is 13.4. The topological polar surface area (TPSA) is 86.8 Å². The monoisotopic (exact) mass is 515 g/mol. The van der Waals surface area contributed by atoms with Crippen LogP contribution in [-0.4, -0.2) is 50.5 Å². The number of hydrogen-bond donors (Lipinski definition) is 1. The van der Waals surface area contributed by atoms with Crippen molar-refractivity contribution in [1.82, 2.24) is 10.2 Å². The zero-order chi connectivity index (χ0) is 26.7. The van der Waals surface area contributed by atoms with Gasteiger partial charge < -0.3 is 10.2 Å². The summed E-state index contributed by atoms with van der Waals surface area (Å²) in [5.74, 6) is -0.322. The summed E-state index contributed by atoms with van der Waals surface area (Å²) in [6, 6.07) is 14.8. The van der Waals surface area contributed by atoms with E-state index in [4.69, 9.17) is 0 Å². The SMILES string of the molecule is CCCNC(=O)C(CC)N(Cc1ccc(C)cc1)C(=O)CCCN(c1ccc(CC)cc1)S(C)(=O)=O. The van der Waals surface area contributed by atoms with Crippen LogP contribution in [0.15, 0.2) is 48.5 Å². The molecule has 0 aliphatic rings. The first-order valence-electron chi connectivity index (χ1n) is 12.8. The van der Waals surface area contributed by atoms with Crippen LogP contribution in [0.2, 0.25) is 0 Å². The molecule has 0 heterocycles. The maximum Gasteiger partial charge on any atom is 0.242 e. The van der Waals surface area contributed by atoms with Crippen molar-refractivity contribution in [3.05, 3.63) is 65.2 Å². The molecule has 1 N–H and O–H groups in total. The number of amides is 2. The highest BCUT2D eigenvalue weighted by Crippen LogP contribution is 2.20. The standard InChI is InChI=1S/C28H41N3O4S/c1-6-19-29-28(33)26(8-3)30(21-24-13-11-22(4)12-14-24)27(32)10-9-20-31(36(5,34)35)25-17-15-23(7-2)16-18-25/h11-18,26H,6-10,19-21H2,1-5H3,(H,29,33). The van der Waals surface area contributed by atoms with Crippen molar-refractivity contribution in [2.24, 2.45) is 0 Å². The quantitative estimate of drug-likeness (QED) is 0.403. The lowest BCUT2D eigenvalue weighted by atomic mass is 10.1. The van der Waals surface area contributed by atoms with Gasteiger partial charge in [0.05, 0.1) is 11.9 Å². The number of sulfonamides is 1. The number of anilines is 1. The Balaban J connectivity index is 2.18. The van der Waals surface area contributed by atoms with Gasteiger partial charge in [0.15, 0.2) is 0 Å². The van der Waals surface area contributed by atoms with Crippen molar-refractivity contribution in [2.75, 3.05) is 23.7 Å². The third-order valence-electron chi connectivity index (χ3n) is 6.19. The minimum absolute atomic E-state index is 0.141. The fraction of sp³-hybridized carbons (Fsp3) is 0.500. The molecule has 2 aromatic rings. The van der Waals surface area contributed by atoms with Crippen LogP contribution < -0.4 is 9.62 Å². The Morgan fingerprint density at radius 2 is 1.56 bits per heavy atom. The van der Waals surface area contributed by atoms with E-state index in [1.807, 2.05) is 64.1 Å². The summed E-state index contributed by atoms with van der Waals surface area (Å²) in [6.45, 7) is 9.00. The molecule has 0 aliphatic heterocycles. The van der Waals surface area contributed by atoms with Crippen LogP contribution >= 0.6 is 0 Å². The van der Waals surface area contributed by atoms with E-state index >= 15 is 0 Å². The molecule has 0 fully saturated rings. The molecule has 0 bridgehead atoms. The molecular formula is C28H41N3O4S. The first-order valence-corrected chi connectivity index (χ1v) is 14.6. The van der Waals surface area contributed by atoms with Gasteiger partial charge in [-0.25, -0.2) is 8.42 Å². The molecule has 1 unspecified atom stereocenters. The maximum atomic E-state index is 13.4. The molecular weight excluding hydrogens is 474 g/mol. The predicted molar refractivity (Wildman–Crippen MR) is 146 cm³/mol. The van der Waals surface area contributed by atoms with Crippen molar-refractivity contribution < 1.29 is 18.0 Å². The molecule has 8 heteroatoms. The average molecular weight is 516 g/mol. The molecule has 0 saturated heterocycles. The number of carbonyl (C=O) groups excluding carboxylic acids is 2. The second kappa shape index (κ2) is 14.0. The molecule has 7 nitrogen and oxygen atoms in total. The van der Waals surface area contributed by atoms with Crippen LogP contribution in [0.25, 0.3) is 0 Å². The van der Waals surface area contributed by atoms with Crippen LogP contribution in [0, 0.1) is 6.92 Å². The summed E-state index contributed by atoms with van der Waals surface area (Å²) >= 11 is 0. The number of carbonyl (C=O) groups is 2. The second-order valence-electron chi connectivity index (χ2n) is 9.18. The van der Waals surface area contributed by atoms with Crippen LogP contribution in [0.5, 0.6) is 0 Å². The van der Waals surface area contributed by atoms with Gasteiger partial charge in [0, 0.05) is 26.1 Å². The minimum atomic E-state index is -3.51. The molecule has 0 radical (unpaired) electrons. The van der Waals surface area contributed by atoms with E-state index in [1.165, 1.54) is 10.6 Å². The van der Waals surface area contributed by atoms with Crippen molar-refractivity contribution in [2.45, 2.75) is 72.4 Å². The molecule has 2 amide bonds. The van der Waals surface area contributed by atoms with Crippen LogP contribution in [0.3, 0.4) is 0 Å². The molecule has 0 spiro atoms. The predicted octanol–water partition coefficient (Wildman–Crippen LogP) is 4.44. The zero-order valence-corrected chi connectivity index (χ0v) is 23.1. The van der Waals surface area contributed by atoms with E-state index < -0.39 is 16.1 Å². The molecule has 0 aliphatic carbocycles. The summed E-state index contributed by atoms with van der Waals surface area (Å²) in [5, 5.41) is 2.92. The normalized spacial score (nSPS) is 12.1. The van der Waals surface area contributed by atoms with Crippen molar-refractivity contribution >= 4 is 27.5 Å². The van der Waals surface area contributed by atoms with E-state index in [1.54, 1.807) is 17.0 Å². The smallest absolute Gasteiger partial charge is 0.242 e. The molecule has 198 valence electrons. The fourth-order valence-electron chi connectivity index (χ4n) is 4.08. The summed E-state index contributed by atoms with van der Waals surface area (Å²) in [7, 11) is -3.51. The van der Waals surface area contributed by atoms with Gasteiger partial charge in [-0.1, -0.05) is 62.7 Å². The van der Waals surface area contributed by atoms with Gasteiger partial charge in [-0.05, 0) is 55.9 Å². The Kier molecular flexibility index (Phi) is 11.4.